The second-order valence-corrected chi connectivity index (χ2v) is 6.19. The van der Waals surface area contributed by atoms with Gasteiger partial charge in [-0.05, 0) is 43.2 Å². The third-order valence-electron chi connectivity index (χ3n) is 3.66. The Morgan fingerprint density at radius 2 is 1.96 bits per heavy atom. The molecule has 1 atom stereocenters. The van der Waals surface area contributed by atoms with E-state index in [0.717, 1.165) is 21.1 Å². The minimum Gasteiger partial charge on any atom is -0.465 e. The lowest BCUT2D eigenvalue weighted by Gasteiger charge is -2.13. The number of halogens is 1. The molecular formula is C18H17BrN2O2. The van der Waals surface area contributed by atoms with Crippen LogP contribution in [0.4, 0.5) is 0 Å². The molecule has 23 heavy (non-hydrogen) atoms. The Balaban J connectivity index is 1.94. The van der Waals surface area contributed by atoms with Gasteiger partial charge < -0.3 is 9.72 Å². The number of carbonyl (C=O) groups excluding carboxylic acids is 1. The molecule has 0 amide bonds. The lowest BCUT2D eigenvalue weighted by atomic mass is 9.99. The van der Waals surface area contributed by atoms with Crippen molar-refractivity contribution in [2.45, 2.75) is 19.3 Å². The van der Waals surface area contributed by atoms with Gasteiger partial charge in [-0.25, -0.2) is 4.98 Å². The fourth-order valence-electron chi connectivity index (χ4n) is 2.53. The number of nitrogens with zero attached hydrogens (tertiary/aromatic N) is 1. The topological polar surface area (TPSA) is 55.0 Å². The van der Waals surface area contributed by atoms with Crippen molar-refractivity contribution in [3.05, 3.63) is 64.4 Å². The smallest absolute Gasteiger partial charge is 0.316 e. The number of esters is 1. The van der Waals surface area contributed by atoms with E-state index in [4.69, 9.17) is 4.74 Å². The number of fused-ring (bicyclic) bond motifs is 1. The van der Waals surface area contributed by atoms with Crippen molar-refractivity contribution in [1.29, 1.82) is 0 Å². The molecular weight excluding hydrogens is 356 g/mol. The first-order chi connectivity index (χ1) is 11.2. The third kappa shape index (κ3) is 3.62. The van der Waals surface area contributed by atoms with Crippen molar-refractivity contribution in [1.82, 2.24) is 9.97 Å². The summed E-state index contributed by atoms with van der Waals surface area (Å²) in [4.78, 5) is 20.2. The molecule has 1 heterocycles. The zero-order chi connectivity index (χ0) is 16.2. The van der Waals surface area contributed by atoms with Gasteiger partial charge >= 0.3 is 5.97 Å². The standard InChI is InChI=1S/C18H17BrN2O2/c1-2-23-18(22)14(11-12-7-9-13(19)10-8-12)17-20-15-5-3-4-6-16(15)21-17/h3-10,14H,2,11H2,1H3,(H,20,21)/t14-/m0/s1. The molecule has 4 nitrogen and oxygen atoms in total. The molecule has 0 fully saturated rings. The molecule has 0 aliphatic heterocycles. The summed E-state index contributed by atoms with van der Waals surface area (Å²) < 4.78 is 6.25. The molecule has 0 radical (unpaired) electrons. The number of benzene rings is 2. The second-order valence-electron chi connectivity index (χ2n) is 5.27. The first kappa shape index (κ1) is 15.7. The number of hydrogen-bond acceptors (Lipinski definition) is 3. The molecule has 0 bridgehead atoms. The van der Waals surface area contributed by atoms with Gasteiger partial charge in [0.15, 0.2) is 0 Å². The zero-order valence-electron chi connectivity index (χ0n) is 12.8. The van der Waals surface area contributed by atoms with Gasteiger partial charge in [-0.1, -0.05) is 40.2 Å². The minimum atomic E-state index is -0.441. The first-order valence-corrected chi connectivity index (χ1v) is 8.32. The molecule has 2 aromatic carbocycles. The number of H-pyrrole nitrogens is 1. The fraction of sp³-hybridized carbons (Fsp3) is 0.222. The Kier molecular flexibility index (Phi) is 4.76. The summed E-state index contributed by atoms with van der Waals surface area (Å²) in [6.45, 7) is 2.17. The first-order valence-electron chi connectivity index (χ1n) is 7.53. The van der Waals surface area contributed by atoms with Gasteiger partial charge in [0.1, 0.15) is 11.7 Å². The van der Waals surface area contributed by atoms with E-state index in [-0.39, 0.29) is 5.97 Å². The van der Waals surface area contributed by atoms with Gasteiger partial charge in [-0.2, -0.15) is 0 Å². The van der Waals surface area contributed by atoms with Crippen molar-refractivity contribution in [3.8, 4) is 0 Å². The highest BCUT2D eigenvalue weighted by atomic mass is 79.9. The predicted molar refractivity (Wildman–Crippen MR) is 93.3 cm³/mol. The highest BCUT2D eigenvalue weighted by Gasteiger charge is 2.25. The summed E-state index contributed by atoms with van der Waals surface area (Å²) in [5.74, 6) is -0.0504. The number of carbonyl (C=O) groups is 1. The number of aromatic amines is 1. The summed E-state index contributed by atoms with van der Waals surface area (Å²) >= 11 is 3.42. The third-order valence-corrected chi connectivity index (χ3v) is 4.19. The molecule has 0 unspecified atom stereocenters. The fourth-order valence-corrected chi connectivity index (χ4v) is 2.79. The predicted octanol–water partition coefficient (Wildman–Crippen LogP) is 4.21. The van der Waals surface area contributed by atoms with Crippen LogP contribution in [-0.2, 0) is 16.0 Å². The van der Waals surface area contributed by atoms with E-state index in [2.05, 4.69) is 25.9 Å². The maximum absolute atomic E-state index is 12.4. The number of ether oxygens (including phenoxy) is 1. The molecule has 3 aromatic rings. The molecule has 0 aliphatic carbocycles. The van der Waals surface area contributed by atoms with Crippen LogP contribution in [0, 0.1) is 0 Å². The molecule has 5 heteroatoms. The van der Waals surface area contributed by atoms with Gasteiger partial charge in [0.05, 0.1) is 17.6 Å². The highest BCUT2D eigenvalue weighted by molar-refractivity contribution is 9.10. The Bertz CT molecular complexity index is 778. The summed E-state index contributed by atoms with van der Waals surface area (Å²) in [5.41, 5.74) is 2.84. The van der Waals surface area contributed by atoms with Crippen molar-refractivity contribution in [2.24, 2.45) is 0 Å². The van der Waals surface area contributed by atoms with Crippen LogP contribution in [0.3, 0.4) is 0 Å². The van der Waals surface area contributed by atoms with E-state index in [1.54, 1.807) is 0 Å². The SMILES string of the molecule is CCOC(=O)[C@@H](Cc1ccc(Br)cc1)c1nc2ccccc2[nH]1. The number of rotatable bonds is 5. The lowest BCUT2D eigenvalue weighted by molar-refractivity contribution is -0.145. The van der Waals surface area contributed by atoms with Crippen molar-refractivity contribution in [3.63, 3.8) is 0 Å². The normalized spacial score (nSPS) is 12.3. The van der Waals surface area contributed by atoms with Crippen molar-refractivity contribution >= 4 is 32.9 Å². The van der Waals surface area contributed by atoms with Crippen LogP contribution in [0.15, 0.2) is 53.0 Å². The maximum atomic E-state index is 12.4. The van der Waals surface area contributed by atoms with Gasteiger partial charge in [-0.3, -0.25) is 4.79 Å². The van der Waals surface area contributed by atoms with E-state index in [1.165, 1.54) is 0 Å². The number of hydrogen-bond donors (Lipinski definition) is 1. The zero-order valence-corrected chi connectivity index (χ0v) is 14.3. The number of para-hydroxylation sites is 2. The van der Waals surface area contributed by atoms with Crippen LogP contribution in [0.5, 0.6) is 0 Å². The summed E-state index contributed by atoms with van der Waals surface area (Å²) in [7, 11) is 0. The van der Waals surface area contributed by atoms with Crippen molar-refractivity contribution < 1.29 is 9.53 Å². The average molecular weight is 373 g/mol. The largest absolute Gasteiger partial charge is 0.465 e. The molecule has 0 saturated heterocycles. The summed E-state index contributed by atoms with van der Waals surface area (Å²) in [6.07, 6.45) is 0.548. The maximum Gasteiger partial charge on any atom is 0.316 e. The second kappa shape index (κ2) is 6.96. The summed E-state index contributed by atoms with van der Waals surface area (Å²) in [6, 6.07) is 15.7. The molecule has 118 valence electrons. The Morgan fingerprint density at radius 1 is 1.22 bits per heavy atom. The van der Waals surface area contributed by atoms with Crippen LogP contribution < -0.4 is 0 Å². The van der Waals surface area contributed by atoms with Gasteiger partial charge in [0.2, 0.25) is 0 Å². The quantitative estimate of drug-likeness (QED) is 0.682. The molecule has 3 rings (SSSR count). The van der Waals surface area contributed by atoms with E-state index in [9.17, 15) is 4.79 Å². The van der Waals surface area contributed by atoms with Crippen LogP contribution in [0.2, 0.25) is 0 Å². The Hall–Kier alpha value is -2.14. The van der Waals surface area contributed by atoms with Crippen LogP contribution in [0.25, 0.3) is 11.0 Å². The molecule has 0 saturated carbocycles. The Morgan fingerprint density at radius 3 is 2.65 bits per heavy atom. The van der Waals surface area contributed by atoms with E-state index >= 15 is 0 Å². The van der Waals surface area contributed by atoms with Gasteiger partial charge in [0, 0.05) is 4.47 Å². The van der Waals surface area contributed by atoms with E-state index < -0.39 is 5.92 Å². The average Bonchev–Trinajstić information content (AvgIpc) is 2.98. The van der Waals surface area contributed by atoms with Gasteiger partial charge in [-0.15, -0.1) is 0 Å². The molecule has 1 aromatic heterocycles. The highest BCUT2D eigenvalue weighted by Crippen LogP contribution is 2.24. The number of nitrogens with one attached hydrogen (secondary N) is 1. The summed E-state index contributed by atoms with van der Waals surface area (Å²) in [5, 5.41) is 0. The monoisotopic (exact) mass is 372 g/mol. The lowest BCUT2D eigenvalue weighted by Crippen LogP contribution is -2.19. The number of aromatic nitrogens is 2. The van der Waals surface area contributed by atoms with E-state index in [1.807, 2.05) is 55.5 Å². The van der Waals surface area contributed by atoms with Gasteiger partial charge in [0.25, 0.3) is 0 Å². The van der Waals surface area contributed by atoms with Crippen LogP contribution in [-0.4, -0.2) is 22.5 Å². The van der Waals surface area contributed by atoms with Crippen LogP contribution in [0.1, 0.15) is 24.2 Å². The van der Waals surface area contributed by atoms with E-state index in [0.29, 0.717) is 18.9 Å². The molecule has 0 spiro atoms. The number of imidazole rings is 1. The molecule has 0 aliphatic rings. The van der Waals surface area contributed by atoms with Crippen LogP contribution >= 0.6 is 15.9 Å². The minimum absolute atomic E-state index is 0.255. The molecule has 1 N–H and O–H groups in total. The Labute approximate surface area is 143 Å². The van der Waals surface area contributed by atoms with Crippen molar-refractivity contribution in [2.75, 3.05) is 6.61 Å².